The molecule has 5 nitrogen and oxygen atoms in total. The fourth-order valence-electron chi connectivity index (χ4n) is 2.09. The minimum atomic E-state index is -3.33. The summed E-state index contributed by atoms with van der Waals surface area (Å²) in [7, 11) is -3.33. The van der Waals surface area contributed by atoms with Crippen LogP contribution in [0.15, 0.2) is 30.3 Å². The zero-order valence-corrected chi connectivity index (χ0v) is 13.9. The first-order valence-electron chi connectivity index (χ1n) is 6.89. The van der Waals surface area contributed by atoms with Gasteiger partial charge in [0.25, 0.3) is 0 Å². The van der Waals surface area contributed by atoms with Crippen LogP contribution in [-0.2, 0) is 21.4 Å². The molecular formula is C15H24N2O3S. The summed E-state index contributed by atoms with van der Waals surface area (Å²) in [5, 5.41) is 2.80. The average molecular weight is 312 g/mol. The lowest BCUT2D eigenvalue weighted by atomic mass is 10.1. The number of benzene rings is 1. The summed E-state index contributed by atoms with van der Waals surface area (Å²) >= 11 is 0. The van der Waals surface area contributed by atoms with E-state index in [4.69, 9.17) is 0 Å². The first kappa shape index (κ1) is 17.7. The minimum absolute atomic E-state index is 0.150. The third kappa shape index (κ3) is 6.27. The number of nitrogens with one attached hydrogen (secondary N) is 1. The second kappa shape index (κ2) is 7.04. The quantitative estimate of drug-likeness (QED) is 0.870. The van der Waals surface area contributed by atoms with Gasteiger partial charge >= 0.3 is 0 Å². The predicted octanol–water partition coefficient (Wildman–Crippen LogP) is 1.75. The van der Waals surface area contributed by atoms with Crippen LogP contribution in [0.3, 0.4) is 0 Å². The zero-order valence-electron chi connectivity index (χ0n) is 13.1. The van der Waals surface area contributed by atoms with Crippen LogP contribution in [-0.4, -0.2) is 37.0 Å². The zero-order chi connectivity index (χ0) is 16.1. The van der Waals surface area contributed by atoms with E-state index >= 15 is 0 Å². The number of carbonyl (C=O) groups excluding carboxylic acids is 1. The molecule has 0 heterocycles. The van der Waals surface area contributed by atoms with Crippen molar-refractivity contribution in [2.75, 3.05) is 12.8 Å². The molecule has 0 unspecified atom stereocenters. The molecule has 1 aromatic carbocycles. The van der Waals surface area contributed by atoms with Crippen molar-refractivity contribution >= 4 is 15.9 Å². The molecule has 0 aliphatic rings. The van der Waals surface area contributed by atoms with Gasteiger partial charge in [0.15, 0.2) is 0 Å². The first-order valence-corrected chi connectivity index (χ1v) is 8.74. The molecule has 0 spiro atoms. The van der Waals surface area contributed by atoms with Crippen molar-refractivity contribution in [2.45, 2.75) is 39.3 Å². The van der Waals surface area contributed by atoms with E-state index < -0.39 is 15.6 Å². The van der Waals surface area contributed by atoms with E-state index in [2.05, 4.69) is 5.32 Å². The summed E-state index contributed by atoms with van der Waals surface area (Å²) in [4.78, 5) is 11.8. The van der Waals surface area contributed by atoms with Gasteiger partial charge in [-0.1, -0.05) is 30.3 Å². The van der Waals surface area contributed by atoms with Gasteiger partial charge in [0, 0.05) is 25.0 Å². The van der Waals surface area contributed by atoms with E-state index in [-0.39, 0.29) is 18.9 Å². The van der Waals surface area contributed by atoms with Crippen LogP contribution in [0, 0.1) is 0 Å². The minimum Gasteiger partial charge on any atom is -0.352 e. The summed E-state index contributed by atoms with van der Waals surface area (Å²) in [6.45, 7) is 6.08. The topological polar surface area (TPSA) is 66.5 Å². The molecule has 0 saturated carbocycles. The van der Waals surface area contributed by atoms with Crippen LogP contribution in [0.1, 0.15) is 32.8 Å². The second-order valence-corrected chi connectivity index (χ2v) is 7.93. The van der Waals surface area contributed by atoms with E-state index in [1.807, 2.05) is 51.1 Å². The van der Waals surface area contributed by atoms with E-state index in [9.17, 15) is 13.2 Å². The SMILES string of the molecule is CC(C)(C)N(CCC(=O)NCc1ccccc1)S(C)(=O)=O. The van der Waals surface area contributed by atoms with Crippen molar-refractivity contribution in [3.05, 3.63) is 35.9 Å². The summed E-state index contributed by atoms with van der Waals surface area (Å²) in [5.41, 5.74) is 0.481. The molecule has 6 heteroatoms. The Morgan fingerprint density at radius 2 is 1.76 bits per heavy atom. The third-order valence-electron chi connectivity index (χ3n) is 3.02. The molecule has 21 heavy (non-hydrogen) atoms. The van der Waals surface area contributed by atoms with Crippen molar-refractivity contribution in [3.63, 3.8) is 0 Å². The Morgan fingerprint density at radius 1 is 1.19 bits per heavy atom. The highest BCUT2D eigenvalue weighted by molar-refractivity contribution is 7.88. The van der Waals surface area contributed by atoms with Crippen LogP contribution in [0.4, 0.5) is 0 Å². The molecule has 0 aliphatic carbocycles. The second-order valence-electron chi connectivity index (χ2n) is 6.02. The number of nitrogens with zero attached hydrogens (tertiary/aromatic N) is 1. The molecule has 0 saturated heterocycles. The van der Waals surface area contributed by atoms with Gasteiger partial charge in [-0.25, -0.2) is 8.42 Å². The van der Waals surface area contributed by atoms with Crippen molar-refractivity contribution in [3.8, 4) is 0 Å². The molecule has 1 amide bonds. The highest BCUT2D eigenvalue weighted by atomic mass is 32.2. The lowest BCUT2D eigenvalue weighted by Crippen LogP contribution is -2.46. The molecule has 118 valence electrons. The number of hydrogen-bond acceptors (Lipinski definition) is 3. The van der Waals surface area contributed by atoms with Gasteiger partial charge in [0.1, 0.15) is 0 Å². The molecular weight excluding hydrogens is 288 g/mol. The van der Waals surface area contributed by atoms with Gasteiger partial charge in [0.2, 0.25) is 15.9 Å². The smallest absolute Gasteiger partial charge is 0.221 e. The normalized spacial score (nSPS) is 12.4. The highest BCUT2D eigenvalue weighted by Gasteiger charge is 2.29. The first-order chi connectivity index (χ1) is 9.60. The molecule has 0 fully saturated rings. The maximum atomic E-state index is 11.8. The maximum Gasteiger partial charge on any atom is 0.221 e. The van der Waals surface area contributed by atoms with Gasteiger partial charge in [-0.15, -0.1) is 0 Å². The van der Waals surface area contributed by atoms with Crippen LogP contribution in [0.25, 0.3) is 0 Å². The Labute approximate surface area is 127 Å². The number of sulfonamides is 1. The Balaban J connectivity index is 2.51. The Morgan fingerprint density at radius 3 is 2.24 bits per heavy atom. The van der Waals surface area contributed by atoms with Gasteiger partial charge < -0.3 is 5.32 Å². The predicted molar refractivity (Wildman–Crippen MR) is 84.2 cm³/mol. The van der Waals surface area contributed by atoms with Crippen LogP contribution in [0.5, 0.6) is 0 Å². The van der Waals surface area contributed by atoms with Gasteiger partial charge in [-0.05, 0) is 26.3 Å². The van der Waals surface area contributed by atoms with Crippen molar-refractivity contribution in [2.24, 2.45) is 0 Å². The molecule has 0 atom stereocenters. The highest BCUT2D eigenvalue weighted by Crippen LogP contribution is 2.17. The van der Waals surface area contributed by atoms with E-state index in [1.54, 1.807) is 0 Å². The van der Waals surface area contributed by atoms with Crippen molar-refractivity contribution in [1.29, 1.82) is 0 Å². The van der Waals surface area contributed by atoms with E-state index in [0.717, 1.165) is 5.56 Å². The number of hydrogen-bond donors (Lipinski definition) is 1. The number of carbonyl (C=O) groups is 1. The average Bonchev–Trinajstić information content (AvgIpc) is 2.34. The maximum absolute atomic E-state index is 11.8. The largest absolute Gasteiger partial charge is 0.352 e. The van der Waals surface area contributed by atoms with Gasteiger partial charge in [-0.3, -0.25) is 4.79 Å². The van der Waals surface area contributed by atoms with Crippen molar-refractivity contribution in [1.82, 2.24) is 9.62 Å². The van der Waals surface area contributed by atoms with E-state index in [1.165, 1.54) is 10.6 Å². The lowest BCUT2D eigenvalue weighted by molar-refractivity contribution is -0.121. The number of amides is 1. The van der Waals surface area contributed by atoms with Crippen LogP contribution in [0.2, 0.25) is 0 Å². The van der Waals surface area contributed by atoms with Gasteiger partial charge in [-0.2, -0.15) is 4.31 Å². The molecule has 1 aromatic rings. The summed E-state index contributed by atoms with van der Waals surface area (Å²) in [6.07, 6.45) is 1.32. The standard InChI is InChI=1S/C15H24N2O3S/c1-15(2,3)17(21(4,19)20)11-10-14(18)16-12-13-8-6-5-7-9-13/h5-9H,10-12H2,1-4H3,(H,16,18). The monoisotopic (exact) mass is 312 g/mol. The molecule has 1 rings (SSSR count). The summed E-state index contributed by atoms with van der Waals surface area (Å²) in [5.74, 6) is -0.156. The van der Waals surface area contributed by atoms with Gasteiger partial charge in [0.05, 0.1) is 6.26 Å². The molecule has 0 aromatic heterocycles. The summed E-state index contributed by atoms with van der Waals surface area (Å²) in [6, 6.07) is 9.59. The lowest BCUT2D eigenvalue weighted by Gasteiger charge is -2.33. The molecule has 0 aliphatic heterocycles. The Bertz CT molecular complexity index is 562. The fraction of sp³-hybridized carbons (Fsp3) is 0.533. The fourth-order valence-corrected chi connectivity index (χ4v) is 3.50. The Kier molecular flexibility index (Phi) is 5.92. The number of rotatable bonds is 6. The Hall–Kier alpha value is -1.40. The molecule has 0 bridgehead atoms. The van der Waals surface area contributed by atoms with Crippen molar-refractivity contribution < 1.29 is 13.2 Å². The molecule has 0 radical (unpaired) electrons. The van der Waals surface area contributed by atoms with Crippen LogP contribution < -0.4 is 5.32 Å². The van der Waals surface area contributed by atoms with Crippen LogP contribution >= 0.6 is 0 Å². The molecule has 1 N–H and O–H groups in total. The summed E-state index contributed by atoms with van der Waals surface area (Å²) < 4.78 is 24.9. The van der Waals surface area contributed by atoms with E-state index in [0.29, 0.717) is 6.54 Å². The third-order valence-corrected chi connectivity index (χ3v) is 4.55.